The number of rotatable bonds is 13. The molecule has 0 unspecified atom stereocenters. The first-order valence-corrected chi connectivity index (χ1v) is 13.5. The predicted molar refractivity (Wildman–Crippen MR) is 156 cm³/mol. The summed E-state index contributed by atoms with van der Waals surface area (Å²) in [5, 5.41) is 19.0. The molecule has 3 aromatic carbocycles. The van der Waals surface area contributed by atoms with Crippen molar-refractivity contribution < 1.29 is 24.6 Å². The highest BCUT2D eigenvalue weighted by molar-refractivity contribution is 6.06. The predicted octanol–water partition coefficient (Wildman–Crippen LogP) is 4.54. The van der Waals surface area contributed by atoms with Crippen LogP contribution in [0.5, 0.6) is 0 Å². The SMILES string of the molecule is O=C(O)CCN(CCc1ccncc1)C(=O)c1ccccc1-c1ccccc1C(=O)N(CCO)Cc1ccccc1. The molecule has 0 spiro atoms. The lowest BCUT2D eigenvalue weighted by Gasteiger charge is -2.25. The quantitative estimate of drug-likeness (QED) is 0.252. The Morgan fingerprint density at radius 1 is 0.634 bits per heavy atom. The summed E-state index contributed by atoms with van der Waals surface area (Å²) in [6.07, 6.45) is 3.72. The van der Waals surface area contributed by atoms with Crippen LogP contribution in [0.4, 0.5) is 0 Å². The normalized spacial score (nSPS) is 10.7. The van der Waals surface area contributed by atoms with Crippen LogP contribution in [0.3, 0.4) is 0 Å². The number of carboxylic acid groups (broad SMARTS) is 1. The van der Waals surface area contributed by atoms with Crippen LogP contribution < -0.4 is 0 Å². The molecule has 0 aliphatic carbocycles. The summed E-state index contributed by atoms with van der Waals surface area (Å²) < 4.78 is 0. The molecule has 8 heteroatoms. The Morgan fingerprint density at radius 2 is 1.20 bits per heavy atom. The van der Waals surface area contributed by atoms with E-state index in [1.165, 1.54) is 0 Å². The minimum Gasteiger partial charge on any atom is -0.481 e. The zero-order valence-electron chi connectivity index (χ0n) is 22.7. The van der Waals surface area contributed by atoms with E-state index in [0.29, 0.717) is 41.8 Å². The van der Waals surface area contributed by atoms with E-state index in [2.05, 4.69) is 4.98 Å². The molecule has 1 heterocycles. The van der Waals surface area contributed by atoms with Gasteiger partial charge in [0.2, 0.25) is 0 Å². The van der Waals surface area contributed by atoms with Gasteiger partial charge in [-0.2, -0.15) is 0 Å². The highest BCUT2D eigenvalue weighted by atomic mass is 16.4. The van der Waals surface area contributed by atoms with Gasteiger partial charge in [-0.05, 0) is 52.9 Å². The third-order valence-electron chi connectivity index (χ3n) is 6.78. The first-order chi connectivity index (χ1) is 20.0. The van der Waals surface area contributed by atoms with Gasteiger partial charge in [-0.25, -0.2) is 0 Å². The number of aromatic nitrogens is 1. The monoisotopic (exact) mass is 551 g/mol. The van der Waals surface area contributed by atoms with Crippen molar-refractivity contribution in [1.82, 2.24) is 14.8 Å². The summed E-state index contributed by atoms with van der Waals surface area (Å²) in [7, 11) is 0. The van der Waals surface area contributed by atoms with Gasteiger partial charge in [-0.15, -0.1) is 0 Å². The van der Waals surface area contributed by atoms with Crippen molar-refractivity contribution in [3.63, 3.8) is 0 Å². The summed E-state index contributed by atoms with van der Waals surface area (Å²) in [5.41, 5.74) is 3.88. The number of carbonyl (C=O) groups excluding carboxylic acids is 2. The Morgan fingerprint density at radius 3 is 1.78 bits per heavy atom. The average Bonchev–Trinajstić information content (AvgIpc) is 3.01. The molecule has 0 saturated heterocycles. The van der Waals surface area contributed by atoms with Crippen LogP contribution in [-0.4, -0.2) is 69.0 Å². The van der Waals surface area contributed by atoms with Crippen LogP contribution >= 0.6 is 0 Å². The number of hydrogen-bond donors (Lipinski definition) is 2. The topological polar surface area (TPSA) is 111 Å². The number of hydrogen-bond acceptors (Lipinski definition) is 5. The van der Waals surface area contributed by atoms with Crippen molar-refractivity contribution in [2.24, 2.45) is 0 Å². The van der Waals surface area contributed by atoms with Crippen molar-refractivity contribution in [3.8, 4) is 11.1 Å². The van der Waals surface area contributed by atoms with E-state index in [0.717, 1.165) is 11.1 Å². The average molecular weight is 552 g/mol. The van der Waals surface area contributed by atoms with Crippen LogP contribution in [0.2, 0.25) is 0 Å². The lowest BCUT2D eigenvalue weighted by Crippen LogP contribution is -2.35. The molecule has 0 saturated carbocycles. The Labute approximate surface area is 239 Å². The maximum atomic E-state index is 13.9. The van der Waals surface area contributed by atoms with Gasteiger partial charge in [0.05, 0.1) is 13.0 Å². The van der Waals surface area contributed by atoms with Crippen LogP contribution in [0, 0.1) is 0 Å². The number of carbonyl (C=O) groups is 3. The lowest BCUT2D eigenvalue weighted by molar-refractivity contribution is -0.137. The van der Waals surface area contributed by atoms with Crippen molar-refractivity contribution in [1.29, 1.82) is 0 Å². The number of aliphatic hydroxyl groups excluding tert-OH is 1. The summed E-state index contributed by atoms with van der Waals surface area (Å²) in [6.45, 7) is 0.668. The van der Waals surface area contributed by atoms with E-state index in [9.17, 15) is 24.6 Å². The molecule has 0 fully saturated rings. The van der Waals surface area contributed by atoms with Crippen LogP contribution in [0.15, 0.2) is 103 Å². The highest BCUT2D eigenvalue weighted by Gasteiger charge is 2.24. The largest absolute Gasteiger partial charge is 0.481 e. The number of carboxylic acids is 1. The Balaban J connectivity index is 1.66. The molecule has 0 bridgehead atoms. The molecular weight excluding hydrogens is 518 g/mol. The van der Waals surface area contributed by atoms with Crippen molar-refractivity contribution in [2.45, 2.75) is 19.4 Å². The molecule has 0 radical (unpaired) electrons. The van der Waals surface area contributed by atoms with E-state index in [1.807, 2.05) is 48.5 Å². The third kappa shape index (κ3) is 7.86. The first kappa shape index (κ1) is 29.2. The summed E-state index contributed by atoms with van der Waals surface area (Å²) >= 11 is 0. The molecular formula is C33H33N3O5. The Kier molecular flexibility index (Phi) is 10.3. The van der Waals surface area contributed by atoms with Crippen molar-refractivity contribution >= 4 is 17.8 Å². The first-order valence-electron chi connectivity index (χ1n) is 13.5. The van der Waals surface area contributed by atoms with E-state index in [4.69, 9.17) is 0 Å². The molecule has 8 nitrogen and oxygen atoms in total. The van der Waals surface area contributed by atoms with Gasteiger partial charge in [0.15, 0.2) is 0 Å². The molecule has 4 aromatic rings. The number of aliphatic carboxylic acids is 1. The van der Waals surface area contributed by atoms with Gasteiger partial charge in [0.25, 0.3) is 11.8 Å². The van der Waals surface area contributed by atoms with Crippen molar-refractivity contribution in [2.75, 3.05) is 26.2 Å². The minimum absolute atomic E-state index is 0.0511. The molecule has 2 N–H and O–H groups in total. The fourth-order valence-corrected chi connectivity index (χ4v) is 4.69. The van der Waals surface area contributed by atoms with E-state index in [1.54, 1.807) is 64.7 Å². The standard InChI is InChI=1S/C33H33N3O5/c37-23-22-36(24-26-8-2-1-3-9-26)33(41)30-13-7-5-11-28(30)27-10-4-6-12-29(27)32(40)35(21-17-31(38)39)20-16-25-14-18-34-19-15-25/h1-15,18-19,37H,16-17,20-24H2,(H,38,39). The molecule has 2 amide bonds. The van der Waals surface area contributed by atoms with Crippen LogP contribution in [0.25, 0.3) is 11.1 Å². The molecule has 4 rings (SSSR count). The summed E-state index contributed by atoms with van der Waals surface area (Å²) in [4.78, 5) is 46.3. The second kappa shape index (κ2) is 14.5. The number of pyridine rings is 1. The van der Waals surface area contributed by atoms with E-state index < -0.39 is 5.97 Å². The van der Waals surface area contributed by atoms with E-state index >= 15 is 0 Å². The van der Waals surface area contributed by atoms with Gasteiger partial charge < -0.3 is 20.0 Å². The van der Waals surface area contributed by atoms with Crippen LogP contribution in [-0.2, 0) is 17.8 Å². The maximum Gasteiger partial charge on any atom is 0.305 e. The minimum atomic E-state index is -0.988. The number of amides is 2. The fourth-order valence-electron chi connectivity index (χ4n) is 4.69. The molecule has 41 heavy (non-hydrogen) atoms. The van der Waals surface area contributed by atoms with Gasteiger partial charge in [0.1, 0.15) is 0 Å². The molecule has 0 aliphatic heterocycles. The molecule has 1 aromatic heterocycles. The molecule has 0 atom stereocenters. The smallest absolute Gasteiger partial charge is 0.305 e. The maximum absolute atomic E-state index is 13.9. The zero-order valence-corrected chi connectivity index (χ0v) is 22.7. The second-order valence-corrected chi connectivity index (χ2v) is 9.57. The van der Waals surface area contributed by atoms with E-state index in [-0.39, 0.29) is 37.9 Å². The summed E-state index contributed by atoms with van der Waals surface area (Å²) in [5.74, 6) is -1.56. The fraction of sp³-hybridized carbons (Fsp3) is 0.212. The van der Waals surface area contributed by atoms with Gasteiger partial charge in [-0.3, -0.25) is 19.4 Å². The highest BCUT2D eigenvalue weighted by Crippen LogP contribution is 2.29. The number of aliphatic hydroxyl groups is 1. The number of benzene rings is 3. The molecule has 210 valence electrons. The molecule has 0 aliphatic rings. The van der Waals surface area contributed by atoms with Gasteiger partial charge in [0, 0.05) is 49.7 Å². The summed E-state index contributed by atoms with van der Waals surface area (Å²) in [6, 6.07) is 27.5. The third-order valence-corrected chi connectivity index (χ3v) is 6.78. The Bertz CT molecular complexity index is 1460. The van der Waals surface area contributed by atoms with Crippen LogP contribution in [0.1, 0.15) is 38.3 Å². The Hall–Kier alpha value is -4.82. The number of nitrogens with zero attached hydrogens (tertiary/aromatic N) is 3. The van der Waals surface area contributed by atoms with Gasteiger partial charge >= 0.3 is 5.97 Å². The lowest BCUT2D eigenvalue weighted by atomic mass is 9.93. The second-order valence-electron chi connectivity index (χ2n) is 9.57. The van der Waals surface area contributed by atoms with Crippen molar-refractivity contribution in [3.05, 3.63) is 126 Å². The van der Waals surface area contributed by atoms with Gasteiger partial charge in [-0.1, -0.05) is 66.7 Å². The zero-order chi connectivity index (χ0) is 29.0.